The molecule has 0 spiro atoms. The summed E-state index contributed by atoms with van der Waals surface area (Å²) in [6, 6.07) is 22.8. The lowest BCUT2D eigenvalue weighted by Gasteiger charge is -2.19. The summed E-state index contributed by atoms with van der Waals surface area (Å²) in [5.41, 5.74) is 2.49. The van der Waals surface area contributed by atoms with E-state index in [0.29, 0.717) is 15.8 Å². The van der Waals surface area contributed by atoms with E-state index in [2.05, 4.69) is 5.32 Å². The quantitative estimate of drug-likeness (QED) is 0.563. The van der Waals surface area contributed by atoms with Crippen LogP contribution >= 0.6 is 23.2 Å². The van der Waals surface area contributed by atoms with E-state index in [4.69, 9.17) is 27.9 Å². The summed E-state index contributed by atoms with van der Waals surface area (Å²) in [5.74, 6) is 0.509. The molecule has 1 N–H and O–H groups in total. The highest BCUT2D eigenvalue weighted by Gasteiger charge is 2.60. The third kappa shape index (κ3) is 3.48. The van der Waals surface area contributed by atoms with Crippen molar-refractivity contribution in [2.75, 3.05) is 12.4 Å². The highest BCUT2D eigenvalue weighted by molar-refractivity contribution is 6.30. The normalized spacial score (nSPS) is 17.0. The molecule has 0 bridgehead atoms. The van der Waals surface area contributed by atoms with Gasteiger partial charge in [0.25, 0.3) is 0 Å². The summed E-state index contributed by atoms with van der Waals surface area (Å²) in [4.78, 5) is 13.1. The summed E-state index contributed by atoms with van der Waals surface area (Å²) in [7, 11) is 1.61. The average Bonchev–Trinajstić information content (AvgIpc) is 3.46. The summed E-state index contributed by atoms with van der Waals surface area (Å²) in [5, 5.41) is 4.37. The minimum atomic E-state index is -0.377. The number of hydrogen-bond acceptors (Lipinski definition) is 2. The maximum absolute atomic E-state index is 13.1. The summed E-state index contributed by atoms with van der Waals surface area (Å²) < 4.78 is 5.24. The first kappa shape index (κ1) is 18.9. The Bertz CT molecular complexity index is 954. The number of carbonyl (C=O) groups excluding carboxylic acids is 1. The van der Waals surface area contributed by atoms with Gasteiger partial charge in [0.1, 0.15) is 5.75 Å². The van der Waals surface area contributed by atoms with Crippen molar-refractivity contribution in [3.8, 4) is 5.75 Å². The molecule has 28 heavy (non-hydrogen) atoms. The minimum Gasteiger partial charge on any atom is -0.497 e. The lowest BCUT2D eigenvalue weighted by Crippen LogP contribution is -2.22. The van der Waals surface area contributed by atoms with Crippen LogP contribution in [0.15, 0.2) is 72.8 Å². The number of rotatable bonds is 5. The van der Waals surface area contributed by atoms with Gasteiger partial charge in [0.2, 0.25) is 5.91 Å². The second-order valence-corrected chi connectivity index (χ2v) is 7.84. The zero-order valence-corrected chi connectivity index (χ0v) is 16.8. The zero-order valence-electron chi connectivity index (χ0n) is 15.3. The molecule has 0 radical (unpaired) electrons. The van der Waals surface area contributed by atoms with E-state index in [1.807, 2.05) is 72.8 Å². The van der Waals surface area contributed by atoms with Crippen LogP contribution in [0.1, 0.15) is 17.5 Å². The van der Waals surface area contributed by atoms with Crippen LogP contribution in [0.2, 0.25) is 10.0 Å². The Morgan fingerprint density at radius 1 is 0.964 bits per heavy atom. The lowest BCUT2D eigenvalue weighted by atomic mass is 9.85. The Balaban J connectivity index is 1.65. The predicted octanol–water partition coefficient (Wildman–Crippen LogP) is 5.95. The third-order valence-corrected chi connectivity index (χ3v) is 5.84. The molecule has 4 rings (SSSR count). The Hall–Kier alpha value is -2.49. The number of benzene rings is 3. The van der Waals surface area contributed by atoms with E-state index in [9.17, 15) is 4.79 Å². The molecule has 142 valence electrons. The van der Waals surface area contributed by atoms with Gasteiger partial charge in [0.05, 0.1) is 13.0 Å². The van der Waals surface area contributed by atoms with Crippen molar-refractivity contribution in [2.24, 2.45) is 5.92 Å². The fourth-order valence-corrected chi connectivity index (χ4v) is 4.06. The van der Waals surface area contributed by atoms with Gasteiger partial charge < -0.3 is 10.1 Å². The van der Waals surface area contributed by atoms with Crippen molar-refractivity contribution in [2.45, 2.75) is 11.8 Å². The molecule has 1 saturated carbocycles. The van der Waals surface area contributed by atoms with Gasteiger partial charge in [-0.05, 0) is 53.9 Å². The SMILES string of the molecule is COc1cccc(NC(=O)C2CC2(c2ccc(Cl)cc2)c2ccc(Cl)cc2)c1. The second-order valence-electron chi connectivity index (χ2n) is 6.96. The number of carbonyl (C=O) groups is 1. The second kappa shape index (κ2) is 7.50. The maximum atomic E-state index is 13.1. The number of hydrogen-bond donors (Lipinski definition) is 1. The van der Waals surface area contributed by atoms with Crippen LogP contribution in [0.5, 0.6) is 5.75 Å². The van der Waals surface area contributed by atoms with Gasteiger partial charge in [0.15, 0.2) is 0 Å². The Labute approximate surface area is 174 Å². The van der Waals surface area contributed by atoms with E-state index in [1.54, 1.807) is 7.11 Å². The Morgan fingerprint density at radius 3 is 2.07 bits per heavy atom. The Kier molecular flexibility index (Phi) is 5.05. The van der Waals surface area contributed by atoms with Crippen molar-refractivity contribution >= 4 is 34.8 Å². The van der Waals surface area contributed by atoms with E-state index in [1.165, 1.54) is 0 Å². The number of ether oxygens (including phenoxy) is 1. The first-order valence-corrected chi connectivity index (χ1v) is 9.75. The molecule has 1 unspecified atom stereocenters. The number of halogens is 2. The van der Waals surface area contributed by atoms with E-state index >= 15 is 0 Å². The van der Waals surface area contributed by atoms with Crippen molar-refractivity contribution in [3.63, 3.8) is 0 Å². The predicted molar refractivity (Wildman–Crippen MR) is 113 cm³/mol. The van der Waals surface area contributed by atoms with Crippen LogP contribution < -0.4 is 10.1 Å². The molecule has 1 atom stereocenters. The highest BCUT2D eigenvalue weighted by Crippen LogP contribution is 2.59. The van der Waals surface area contributed by atoms with Crippen LogP contribution in [0, 0.1) is 5.92 Å². The first-order valence-electron chi connectivity index (χ1n) is 9.00. The van der Waals surface area contributed by atoms with Gasteiger partial charge in [-0.15, -0.1) is 0 Å². The topological polar surface area (TPSA) is 38.3 Å². The fourth-order valence-electron chi connectivity index (χ4n) is 3.81. The molecular weight excluding hydrogens is 393 g/mol. The third-order valence-electron chi connectivity index (χ3n) is 5.33. The van der Waals surface area contributed by atoms with Gasteiger partial charge in [-0.2, -0.15) is 0 Å². The Morgan fingerprint density at radius 2 is 1.54 bits per heavy atom. The van der Waals surface area contributed by atoms with E-state index in [-0.39, 0.29) is 17.2 Å². The first-order chi connectivity index (χ1) is 13.5. The smallest absolute Gasteiger partial charge is 0.228 e. The molecule has 1 aliphatic rings. The maximum Gasteiger partial charge on any atom is 0.228 e. The van der Waals surface area contributed by atoms with Crippen LogP contribution in [-0.4, -0.2) is 13.0 Å². The summed E-state index contributed by atoms with van der Waals surface area (Å²) in [6.07, 6.45) is 0.728. The molecule has 0 aromatic heterocycles. The largest absolute Gasteiger partial charge is 0.497 e. The van der Waals surface area contributed by atoms with Gasteiger partial charge >= 0.3 is 0 Å². The molecule has 3 aromatic carbocycles. The van der Waals surface area contributed by atoms with Crippen molar-refractivity contribution in [1.29, 1.82) is 0 Å². The zero-order chi connectivity index (χ0) is 19.7. The van der Waals surface area contributed by atoms with Gasteiger partial charge in [-0.1, -0.05) is 53.5 Å². The van der Waals surface area contributed by atoms with Crippen molar-refractivity contribution in [3.05, 3.63) is 94.0 Å². The fraction of sp³-hybridized carbons (Fsp3) is 0.174. The number of nitrogens with one attached hydrogen (secondary N) is 1. The molecule has 0 aliphatic heterocycles. The molecule has 5 heteroatoms. The monoisotopic (exact) mass is 411 g/mol. The summed E-state index contributed by atoms with van der Waals surface area (Å²) >= 11 is 12.2. The van der Waals surface area contributed by atoms with E-state index in [0.717, 1.165) is 23.2 Å². The molecule has 3 nitrogen and oxygen atoms in total. The molecular formula is C23H19Cl2NO2. The molecule has 0 heterocycles. The molecule has 3 aromatic rings. The van der Waals surface area contributed by atoms with E-state index < -0.39 is 0 Å². The minimum absolute atomic E-state index is 0.0156. The van der Waals surface area contributed by atoms with Crippen molar-refractivity contribution in [1.82, 2.24) is 0 Å². The van der Waals surface area contributed by atoms with Crippen LogP contribution in [-0.2, 0) is 10.2 Å². The van der Waals surface area contributed by atoms with Crippen molar-refractivity contribution < 1.29 is 9.53 Å². The van der Waals surface area contributed by atoms with Gasteiger partial charge in [-0.25, -0.2) is 0 Å². The lowest BCUT2D eigenvalue weighted by molar-refractivity contribution is -0.117. The number of anilines is 1. The highest BCUT2D eigenvalue weighted by atomic mass is 35.5. The number of amides is 1. The summed E-state index contributed by atoms with van der Waals surface area (Å²) in [6.45, 7) is 0. The van der Waals surface area contributed by atoms with Gasteiger partial charge in [-0.3, -0.25) is 4.79 Å². The van der Waals surface area contributed by atoms with Crippen LogP contribution in [0.4, 0.5) is 5.69 Å². The molecule has 1 amide bonds. The van der Waals surface area contributed by atoms with Gasteiger partial charge in [0, 0.05) is 27.2 Å². The molecule has 1 aliphatic carbocycles. The molecule has 1 fully saturated rings. The number of methoxy groups -OCH3 is 1. The standard InChI is InChI=1S/C23H19Cl2NO2/c1-28-20-4-2-3-19(13-20)26-22(27)21-14-23(21,15-5-9-17(24)10-6-15)16-7-11-18(25)12-8-16/h2-13,21H,14H2,1H3,(H,26,27). The van der Waals surface area contributed by atoms with Crippen LogP contribution in [0.3, 0.4) is 0 Å². The van der Waals surface area contributed by atoms with Crippen LogP contribution in [0.25, 0.3) is 0 Å². The molecule has 0 saturated heterocycles. The average molecular weight is 412 g/mol.